The number of carbonyl (C=O) groups is 1. The molecule has 2 atom stereocenters. The maximum absolute atomic E-state index is 11.8. The van der Waals surface area contributed by atoms with Crippen LogP contribution in [0.4, 0.5) is 0 Å². The van der Waals surface area contributed by atoms with Crippen LogP contribution < -0.4 is 15.4 Å². The van der Waals surface area contributed by atoms with Crippen molar-refractivity contribution in [2.24, 2.45) is 11.8 Å². The molecule has 1 aromatic rings. The van der Waals surface area contributed by atoms with Gasteiger partial charge < -0.3 is 15.4 Å². The summed E-state index contributed by atoms with van der Waals surface area (Å²) in [5.74, 6) is 2.37. The van der Waals surface area contributed by atoms with Gasteiger partial charge in [0, 0.05) is 29.7 Å². The van der Waals surface area contributed by atoms with E-state index in [0.717, 1.165) is 16.4 Å². The smallest absolute Gasteiger partial charge is 0.224 e. The van der Waals surface area contributed by atoms with Gasteiger partial charge in [-0.05, 0) is 25.1 Å². The van der Waals surface area contributed by atoms with Crippen molar-refractivity contribution in [2.75, 3.05) is 33.0 Å². The van der Waals surface area contributed by atoms with Crippen LogP contribution in [0.5, 0.6) is 5.75 Å². The van der Waals surface area contributed by atoms with E-state index in [0.29, 0.717) is 19.0 Å². The van der Waals surface area contributed by atoms with E-state index < -0.39 is 0 Å². The van der Waals surface area contributed by atoms with Crippen LogP contribution in [0, 0.1) is 11.8 Å². The molecule has 0 aliphatic rings. The number of benzene rings is 1. The minimum absolute atomic E-state index is 0.00377. The van der Waals surface area contributed by atoms with Crippen molar-refractivity contribution < 1.29 is 9.53 Å². The fourth-order valence-electron chi connectivity index (χ4n) is 1.88. The molecule has 0 fully saturated rings. The number of nitrogens with one attached hydrogen (secondary N) is 2. The summed E-state index contributed by atoms with van der Waals surface area (Å²) in [7, 11) is 3.54. The molecule has 0 saturated heterocycles. The lowest BCUT2D eigenvalue weighted by Crippen LogP contribution is -2.36. The van der Waals surface area contributed by atoms with Crippen LogP contribution in [0.1, 0.15) is 13.8 Å². The van der Waals surface area contributed by atoms with Crippen molar-refractivity contribution in [2.45, 2.75) is 18.7 Å². The number of para-hydroxylation sites is 1. The maximum atomic E-state index is 11.8. The topological polar surface area (TPSA) is 50.4 Å². The molecule has 2 N–H and O–H groups in total. The molecule has 0 spiro atoms. The van der Waals surface area contributed by atoms with E-state index in [1.807, 2.05) is 32.2 Å². The molecular formula is C16H26N2O2S. The summed E-state index contributed by atoms with van der Waals surface area (Å²) in [5.41, 5.74) is 0. The molecule has 2 unspecified atom stereocenters. The fraction of sp³-hybridized carbons (Fsp3) is 0.562. The van der Waals surface area contributed by atoms with E-state index in [2.05, 4.69) is 23.6 Å². The van der Waals surface area contributed by atoms with Crippen molar-refractivity contribution in [1.29, 1.82) is 0 Å². The van der Waals surface area contributed by atoms with Gasteiger partial charge in [0.1, 0.15) is 5.75 Å². The van der Waals surface area contributed by atoms with Gasteiger partial charge in [-0.1, -0.05) is 26.0 Å². The van der Waals surface area contributed by atoms with Gasteiger partial charge in [0.15, 0.2) is 0 Å². The number of carbonyl (C=O) groups excluding carboxylic acids is 1. The highest BCUT2D eigenvalue weighted by molar-refractivity contribution is 7.99. The van der Waals surface area contributed by atoms with Crippen LogP contribution in [-0.2, 0) is 4.79 Å². The third-order valence-corrected chi connectivity index (χ3v) is 4.56. The number of thioether (sulfide) groups is 1. The lowest BCUT2D eigenvalue weighted by Gasteiger charge is -2.16. The van der Waals surface area contributed by atoms with E-state index >= 15 is 0 Å². The van der Waals surface area contributed by atoms with E-state index in [9.17, 15) is 4.79 Å². The van der Waals surface area contributed by atoms with Crippen molar-refractivity contribution in [3.63, 3.8) is 0 Å². The van der Waals surface area contributed by atoms with Crippen LogP contribution in [-0.4, -0.2) is 38.9 Å². The van der Waals surface area contributed by atoms with Crippen LogP contribution in [0.15, 0.2) is 29.2 Å². The largest absolute Gasteiger partial charge is 0.496 e. The Morgan fingerprint density at radius 3 is 2.67 bits per heavy atom. The molecule has 0 bridgehead atoms. The number of hydrogen-bond donors (Lipinski definition) is 2. The van der Waals surface area contributed by atoms with Crippen LogP contribution >= 0.6 is 11.8 Å². The molecule has 1 aromatic carbocycles. The average Bonchev–Trinajstić information content (AvgIpc) is 2.50. The summed E-state index contributed by atoms with van der Waals surface area (Å²) in [6.07, 6.45) is 0. The zero-order chi connectivity index (χ0) is 15.7. The Morgan fingerprint density at radius 1 is 1.29 bits per heavy atom. The number of amides is 1. The van der Waals surface area contributed by atoms with Gasteiger partial charge in [-0.3, -0.25) is 4.79 Å². The van der Waals surface area contributed by atoms with Gasteiger partial charge in [-0.2, -0.15) is 0 Å². The molecule has 0 heterocycles. The highest BCUT2D eigenvalue weighted by Gasteiger charge is 2.13. The monoisotopic (exact) mass is 310 g/mol. The first-order chi connectivity index (χ1) is 10.1. The molecular weight excluding hydrogens is 284 g/mol. The van der Waals surface area contributed by atoms with Crippen molar-refractivity contribution in [1.82, 2.24) is 10.6 Å². The molecule has 0 radical (unpaired) electrons. The number of hydrogen-bond acceptors (Lipinski definition) is 4. The highest BCUT2D eigenvalue weighted by atomic mass is 32.2. The second-order valence-electron chi connectivity index (χ2n) is 5.27. The van der Waals surface area contributed by atoms with Crippen molar-refractivity contribution in [3.8, 4) is 5.75 Å². The maximum Gasteiger partial charge on any atom is 0.224 e. The predicted octanol–water partition coefficient (Wildman–Crippen LogP) is 2.40. The summed E-state index contributed by atoms with van der Waals surface area (Å²) in [6.45, 7) is 5.48. The van der Waals surface area contributed by atoms with Crippen LogP contribution in [0.25, 0.3) is 0 Å². The quantitative estimate of drug-likeness (QED) is 0.688. The van der Waals surface area contributed by atoms with E-state index in [-0.39, 0.29) is 11.8 Å². The Bertz CT molecular complexity index is 440. The Kier molecular flexibility index (Phi) is 8.23. The minimum Gasteiger partial charge on any atom is -0.496 e. The van der Waals surface area contributed by atoms with Gasteiger partial charge in [0.2, 0.25) is 5.91 Å². The van der Waals surface area contributed by atoms with E-state index in [1.165, 1.54) is 0 Å². The minimum atomic E-state index is 0.00377. The van der Waals surface area contributed by atoms with Gasteiger partial charge in [0.25, 0.3) is 0 Å². The fourth-order valence-corrected chi connectivity index (χ4v) is 2.93. The van der Waals surface area contributed by atoms with Gasteiger partial charge in [0.05, 0.1) is 7.11 Å². The Morgan fingerprint density at radius 2 is 2.00 bits per heavy atom. The van der Waals surface area contributed by atoms with E-state index in [4.69, 9.17) is 4.74 Å². The summed E-state index contributed by atoms with van der Waals surface area (Å²) >= 11 is 1.76. The molecule has 4 nitrogen and oxygen atoms in total. The zero-order valence-electron chi connectivity index (χ0n) is 13.3. The Balaban J connectivity index is 2.34. The van der Waals surface area contributed by atoms with Gasteiger partial charge >= 0.3 is 0 Å². The zero-order valence-corrected chi connectivity index (χ0v) is 14.1. The lowest BCUT2D eigenvalue weighted by molar-refractivity contribution is -0.124. The summed E-state index contributed by atoms with van der Waals surface area (Å²) in [6, 6.07) is 8.00. The van der Waals surface area contributed by atoms with Gasteiger partial charge in [-0.15, -0.1) is 11.8 Å². The second-order valence-corrected chi connectivity index (χ2v) is 6.33. The number of rotatable bonds is 9. The first kappa shape index (κ1) is 17.9. The summed E-state index contributed by atoms with van der Waals surface area (Å²) in [5, 5.41) is 6.02. The number of methoxy groups -OCH3 is 1. The summed E-state index contributed by atoms with van der Waals surface area (Å²) < 4.78 is 5.34. The van der Waals surface area contributed by atoms with Crippen LogP contribution in [0.2, 0.25) is 0 Å². The molecule has 21 heavy (non-hydrogen) atoms. The average molecular weight is 310 g/mol. The molecule has 0 aromatic heterocycles. The third-order valence-electron chi connectivity index (χ3n) is 3.18. The standard InChI is InChI=1S/C16H26N2O2S/c1-12(9-18-16(19)13(2)10-17-3)11-21-15-8-6-5-7-14(15)20-4/h5-8,12-13,17H,9-11H2,1-4H3,(H,18,19). The predicted molar refractivity (Wildman–Crippen MR) is 89.0 cm³/mol. The highest BCUT2D eigenvalue weighted by Crippen LogP contribution is 2.29. The number of ether oxygens (including phenoxy) is 1. The normalized spacial score (nSPS) is 13.5. The first-order valence-electron chi connectivity index (χ1n) is 7.26. The molecule has 0 saturated carbocycles. The Labute approximate surface area is 132 Å². The van der Waals surface area contributed by atoms with Gasteiger partial charge in [-0.25, -0.2) is 0 Å². The molecule has 118 valence electrons. The van der Waals surface area contributed by atoms with E-state index in [1.54, 1.807) is 18.9 Å². The molecule has 1 rings (SSSR count). The van der Waals surface area contributed by atoms with Crippen LogP contribution in [0.3, 0.4) is 0 Å². The Hall–Kier alpha value is -1.20. The lowest BCUT2D eigenvalue weighted by atomic mass is 10.1. The third kappa shape index (κ3) is 6.40. The summed E-state index contributed by atoms with van der Waals surface area (Å²) in [4.78, 5) is 13.0. The SMILES string of the molecule is CNCC(C)C(=O)NCC(C)CSc1ccccc1OC. The van der Waals surface area contributed by atoms with Crippen molar-refractivity contribution >= 4 is 17.7 Å². The molecule has 0 aliphatic carbocycles. The second kappa shape index (κ2) is 9.68. The molecule has 0 aliphatic heterocycles. The molecule has 1 amide bonds. The first-order valence-corrected chi connectivity index (χ1v) is 8.25. The molecule has 5 heteroatoms. The van der Waals surface area contributed by atoms with Crippen molar-refractivity contribution in [3.05, 3.63) is 24.3 Å².